The van der Waals surface area contributed by atoms with E-state index in [1.165, 1.54) is 25.9 Å². The molecule has 1 atom stereocenters. The van der Waals surface area contributed by atoms with Gasteiger partial charge in [0.15, 0.2) is 5.69 Å². The van der Waals surface area contributed by atoms with E-state index in [-0.39, 0.29) is 5.91 Å². The quantitative estimate of drug-likeness (QED) is 0.780. The number of halogens is 3. The molecular formula is C9H12F3N3O. The molecule has 16 heavy (non-hydrogen) atoms. The summed E-state index contributed by atoms with van der Waals surface area (Å²) in [5.74, 6) is -0.308. The summed E-state index contributed by atoms with van der Waals surface area (Å²) in [4.78, 5) is 12.8. The summed E-state index contributed by atoms with van der Waals surface area (Å²) in [6.45, 7) is 1.50. The molecule has 0 aromatic carbocycles. The van der Waals surface area contributed by atoms with E-state index in [0.29, 0.717) is 0 Å². The van der Waals surface area contributed by atoms with E-state index in [1.807, 2.05) is 0 Å². The molecule has 1 heterocycles. The van der Waals surface area contributed by atoms with Crippen LogP contribution in [0.3, 0.4) is 0 Å². The van der Waals surface area contributed by atoms with Crippen molar-refractivity contribution in [1.82, 2.24) is 14.7 Å². The Kier molecular flexibility index (Phi) is 3.25. The molecule has 0 aliphatic heterocycles. The molecule has 4 nitrogen and oxygen atoms in total. The minimum absolute atomic E-state index is 0.308. The molecule has 0 bridgehead atoms. The summed E-state index contributed by atoms with van der Waals surface area (Å²) in [6.07, 6.45) is -3.33. The standard InChI is InChI=1S/C9H12F3N3O/c1-6(8(16)14(2)3)15-5-4-7(13-15)9(10,11)12/h4-6H,1-3H3. The molecule has 1 unspecified atom stereocenters. The predicted octanol–water partition coefficient (Wildman–Crippen LogP) is 1.55. The summed E-state index contributed by atoms with van der Waals surface area (Å²) in [7, 11) is 3.07. The van der Waals surface area contributed by atoms with Crippen LogP contribution >= 0.6 is 0 Å². The molecule has 1 rings (SSSR count). The zero-order valence-corrected chi connectivity index (χ0v) is 9.12. The molecule has 0 aliphatic carbocycles. The zero-order chi connectivity index (χ0) is 12.5. The molecule has 1 amide bonds. The van der Waals surface area contributed by atoms with Gasteiger partial charge in [0.05, 0.1) is 0 Å². The third kappa shape index (κ3) is 2.53. The van der Waals surface area contributed by atoms with Gasteiger partial charge >= 0.3 is 6.18 Å². The molecule has 0 aliphatic rings. The molecule has 1 aromatic heterocycles. The lowest BCUT2D eigenvalue weighted by Crippen LogP contribution is -2.30. The Morgan fingerprint density at radius 1 is 1.50 bits per heavy atom. The fraction of sp³-hybridized carbons (Fsp3) is 0.556. The Balaban J connectivity index is 2.90. The van der Waals surface area contributed by atoms with E-state index >= 15 is 0 Å². The van der Waals surface area contributed by atoms with E-state index in [0.717, 1.165) is 16.9 Å². The molecule has 0 spiro atoms. The van der Waals surface area contributed by atoms with Crippen molar-refractivity contribution in [3.05, 3.63) is 18.0 Å². The van der Waals surface area contributed by atoms with Crippen LogP contribution < -0.4 is 0 Å². The van der Waals surface area contributed by atoms with Crippen molar-refractivity contribution in [2.24, 2.45) is 0 Å². The van der Waals surface area contributed by atoms with Crippen molar-refractivity contribution in [1.29, 1.82) is 0 Å². The minimum atomic E-state index is -4.48. The van der Waals surface area contributed by atoms with Gasteiger partial charge in [0.25, 0.3) is 0 Å². The smallest absolute Gasteiger partial charge is 0.347 e. The Morgan fingerprint density at radius 3 is 2.44 bits per heavy atom. The van der Waals surface area contributed by atoms with Crippen molar-refractivity contribution in [3.8, 4) is 0 Å². The predicted molar refractivity (Wildman–Crippen MR) is 50.6 cm³/mol. The topological polar surface area (TPSA) is 38.1 Å². The molecule has 0 saturated carbocycles. The largest absolute Gasteiger partial charge is 0.435 e. The molecule has 1 aromatic rings. The highest BCUT2D eigenvalue weighted by molar-refractivity contribution is 5.79. The van der Waals surface area contributed by atoms with Gasteiger partial charge in [0.2, 0.25) is 5.91 Å². The van der Waals surface area contributed by atoms with Crippen LogP contribution in [0.15, 0.2) is 12.3 Å². The number of carbonyl (C=O) groups excluding carboxylic acids is 1. The summed E-state index contributed by atoms with van der Waals surface area (Å²) in [5.41, 5.74) is -0.995. The lowest BCUT2D eigenvalue weighted by molar-refractivity contribution is -0.142. The Labute approximate surface area is 90.6 Å². The molecule has 0 radical (unpaired) electrons. The average Bonchev–Trinajstić information content (AvgIpc) is 2.63. The van der Waals surface area contributed by atoms with Gasteiger partial charge in [-0.25, -0.2) is 0 Å². The van der Waals surface area contributed by atoms with Gasteiger partial charge in [-0.05, 0) is 13.0 Å². The molecule has 0 fully saturated rings. The van der Waals surface area contributed by atoms with Crippen molar-refractivity contribution in [3.63, 3.8) is 0 Å². The molecule has 7 heteroatoms. The van der Waals surface area contributed by atoms with Gasteiger partial charge in [-0.3, -0.25) is 9.48 Å². The van der Waals surface area contributed by atoms with Gasteiger partial charge < -0.3 is 4.90 Å². The molecule has 0 saturated heterocycles. The highest BCUT2D eigenvalue weighted by atomic mass is 19.4. The maximum Gasteiger partial charge on any atom is 0.435 e. The van der Waals surface area contributed by atoms with Crippen LogP contribution in [0.25, 0.3) is 0 Å². The highest BCUT2D eigenvalue weighted by Crippen LogP contribution is 2.27. The van der Waals surface area contributed by atoms with E-state index in [1.54, 1.807) is 0 Å². The second kappa shape index (κ2) is 4.15. The first-order chi connectivity index (χ1) is 7.23. The van der Waals surface area contributed by atoms with Gasteiger partial charge in [-0.2, -0.15) is 18.3 Å². The number of alkyl halides is 3. The lowest BCUT2D eigenvalue weighted by Gasteiger charge is -2.16. The number of carbonyl (C=O) groups is 1. The summed E-state index contributed by atoms with van der Waals surface area (Å²) >= 11 is 0. The second-order valence-electron chi connectivity index (χ2n) is 3.59. The third-order valence-electron chi connectivity index (χ3n) is 2.09. The van der Waals surface area contributed by atoms with Crippen molar-refractivity contribution < 1.29 is 18.0 Å². The first-order valence-electron chi connectivity index (χ1n) is 4.57. The maximum absolute atomic E-state index is 12.3. The number of hydrogen-bond donors (Lipinski definition) is 0. The van der Waals surface area contributed by atoms with E-state index in [2.05, 4.69) is 5.10 Å². The van der Waals surface area contributed by atoms with E-state index in [4.69, 9.17) is 0 Å². The van der Waals surface area contributed by atoms with Crippen molar-refractivity contribution >= 4 is 5.91 Å². The van der Waals surface area contributed by atoms with E-state index < -0.39 is 17.9 Å². The SMILES string of the molecule is CC(C(=O)N(C)C)n1ccc(C(F)(F)F)n1. The number of likely N-dealkylation sites (N-methyl/N-ethyl adjacent to an activating group) is 1. The monoisotopic (exact) mass is 235 g/mol. The van der Waals surface area contributed by atoms with Crippen LogP contribution in [0.2, 0.25) is 0 Å². The van der Waals surface area contributed by atoms with Gasteiger partial charge in [-0.1, -0.05) is 0 Å². The first kappa shape index (κ1) is 12.5. The Hall–Kier alpha value is -1.53. The summed E-state index contributed by atoms with van der Waals surface area (Å²) < 4.78 is 37.8. The normalized spacial score (nSPS) is 13.6. The van der Waals surface area contributed by atoms with Crippen LogP contribution in [-0.4, -0.2) is 34.7 Å². The summed E-state index contributed by atoms with van der Waals surface area (Å²) in [6, 6.07) is 0.102. The van der Waals surface area contributed by atoms with Crippen LogP contribution in [0.5, 0.6) is 0 Å². The Morgan fingerprint density at radius 2 is 2.06 bits per heavy atom. The number of hydrogen-bond acceptors (Lipinski definition) is 2. The van der Waals surface area contributed by atoms with Crippen LogP contribution in [-0.2, 0) is 11.0 Å². The van der Waals surface area contributed by atoms with Crippen LogP contribution in [0.1, 0.15) is 18.7 Å². The van der Waals surface area contributed by atoms with Gasteiger partial charge in [-0.15, -0.1) is 0 Å². The number of nitrogens with zero attached hydrogens (tertiary/aromatic N) is 3. The van der Waals surface area contributed by atoms with Gasteiger partial charge in [0, 0.05) is 20.3 Å². The maximum atomic E-state index is 12.3. The number of amides is 1. The molecular weight excluding hydrogens is 223 g/mol. The van der Waals surface area contributed by atoms with Crippen LogP contribution in [0.4, 0.5) is 13.2 Å². The third-order valence-corrected chi connectivity index (χ3v) is 2.09. The molecule has 0 N–H and O–H groups in total. The fourth-order valence-electron chi connectivity index (χ4n) is 1.19. The van der Waals surface area contributed by atoms with E-state index in [9.17, 15) is 18.0 Å². The summed E-state index contributed by atoms with van der Waals surface area (Å²) in [5, 5.41) is 3.33. The lowest BCUT2D eigenvalue weighted by atomic mass is 10.3. The average molecular weight is 235 g/mol. The minimum Gasteiger partial charge on any atom is -0.347 e. The highest BCUT2D eigenvalue weighted by Gasteiger charge is 2.34. The second-order valence-corrected chi connectivity index (χ2v) is 3.59. The Bertz CT molecular complexity index is 384. The number of rotatable bonds is 2. The first-order valence-corrected chi connectivity index (χ1v) is 4.57. The van der Waals surface area contributed by atoms with Crippen molar-refractivity contribution in [2.45, 2.75) is 19.1 Å². The zero-order valence-electron chi connectivity index (χ0n) is 9.12. The fourth-order valence-corrected chi connectivity index (χ4v) is 1.19. The number of aromatic nitrogens is 2. The van der Waals surface area contributed by atoms with Crippen molar-refractivity contribution in [2.75, 3.05) is 14.1 Å². The molecule has 90 valence electrons. The van der Waals surface area contributed by atoms with Crippen LogP contribution in [0, 0.1) is 0 Å². The van der Waals surface area contributed by atoms with Gasteiger partial charge in [0.1, 0.15) is 6.04 Å².